The molecule has 108 valence electrons. The van der Waals surface area contributed by atoms with Crippen molar-refractivity contribution in [2.75, 3.05) is 6.54 Å². The molecule has 0 saturated carbocycles. The van der Waals surface area contributed by atoms with Gasteiger partial charge in [-0.2, -0.15) is 0 Å². The summed E-state index contributed by atoms with van der Waals surface area (Å²) in [6, 6.07) is 9.23. The third kappa shape index (κ3) is 3.67. The zero-order chi connectivity index (χ0) is 14.5. The number of nitrogens with zero attached hydrogens (tertiary/aromatic N) is 3. The van der Waals surface area contributed by atoms with Crippen molar-refractivity contribution in [1.82, 2.24) is 20.1 Å². The van der Waals surface area contributed by atoms with Crippen LogP contribution in [0.3, 0.4) is 0 Å². The van der Waals surface area contributed by atoms with Crippen LogP contribution in [0.4, 0.5) is 0 Å². The van der Waals surface area contributed by atoms with E-state index in [1.807, 2.05) is 11.6 Å². The quantitative estimate of drug-likeness (QED) is 0.879. The van der Waals surface area contributed by atoms with E-state index in [0.29, 0.717) is 12.0 Å². The summed E-state index contributed by atoms with van der Waals surface area (Å²) in [4.78, 5) is 0. The lowest BCUT2D eigenvalue weighted by atomic mass is 9.99. The molecule has 0 aliphatic rings. The second-order valence-corrected chi connectivity index (χ2v) is 5.61. The molecule has 0 aliphatic heterocycles. The third-order valence-electron chi connectivity index (χ3n) is 3.71. The minimum absolute atomic E-state index is 0.351. The van der Waals surface area contributed by atoms with Gasteiger partial charge in [-0.05, 0) is 24.0 Å². The Hall–Kier alpha value is -1.68. The van der Waals surface area contributed by atoms with Gasteiger partial charge in [0.15, 0.2) is 0 Å². The van der Waals surface area contributed by atoms with Crippen molar-refractivity contribution in [3.63, 3.8) is 0 Å². The second kappa shape index (κ2) is 6.66. The van der Waals surface area contributed by atoms with Crippen LogP contribution in [-0.4, -0.2) is 21.3 Å². The summed E-state index contributed by atoms with van der Waals surface area (Å²) in [5.41, 5.74) is 2.72. The van der Waals surface area contributed by atoms with E-state index in [2.05, 4.69) is 60.6 Å². The maximum absolute atomic E-state index is 4.09. The molecule has 2 aromatic rings. The Bertz CT molecular complexity index is 528. The normalized spacial score (nSPS) is 12.8. The van der Waals surface area contributed by atoms with Gasteiger partial charge >= 0.3 is 0 Å². The Morgan fingerprint density at radius 2 is 1.75 bits per heavy atom. The maximum atomic E-state index is 4.09. The summed E-state index contributed by atoms with van der Waals surface area (Å²) in [6.07, 6.45) is 2.63. The van der Waals surface area contributed by atoms with Crippen LogP contribution in [0.25, 0.3) is 0 Å². The van der Waals surface area contributed by atoms with Crippen LogP contribution in [-0.2, 0) is 13.5 Å². The monoisotopic (exact) mass is 272 g/mol. The molecule has 20 heavy (non-hydrogen) atoms. The molecular weight excluding hydrogens is 248 g/mol. The highest BCUT2D eigenvalue weighted by Crippen LogP contribution is 2.18. The van der Waals surface area contributed by atoms with Crippen LogP contribution >= 0.6 is 0 Å². The van der Waals surface area contributed by atoms with Crippen molar-refractivity contribution >= 4 is 0 Å². The molecule has 0 aliphatic carbocycles. The molecule has 0 amide bonds. The fourth-order valence-electron chi connectivity index (χ4n) is 2.22. The van der Waals surface area contributed by atoms with Crippen molar-refractivity contribution in [2.45, 2.75) is 39.2 Å². The summed E-state index contributed by atoms with van der Waals surface area (Å²) in [5.74, 6) is 1.60. The van der Waals surface area contributed by atoms with E-state index in [1.165, 1.54) is 11.1 Å². The molecule has 1 heterocycles. The molecule has 0 spiro atoms. The number of benzene rings is 1. The number of nitrogens with one attached hydrogen (secondary N) is 1. The Balaban J connectivity index is 1.85. The zero-order valence-electron chi connectivity index (χ0n) is 12.8. The Morgan fingerprint density at radius 1 is 1.10 bits per heavy atom. The highest BCUT2D eigenvalue weighted by Gasteiger charge is 2.07. The minimum atomic E-state index is 0.351. The molecule has 1 unspecified atom stereocenters. The predicted molar refractivity (Wildman–Crippen MR) is 81.7 cm³/mol. The topological polar surface area (TPSA) is 42.7 Å². The predicted octanol–water partition coefficient (Wildman–Crippen LogP) is 2.83. The molecule has 1 aromatic heterocycles. The molecule has 0 fully saturated rings. The molecule has 0 bridgehead atoms. The van der Waals surface area contributed by atoms with E-state index in [4.69, 9.17) is 0 Å². The van der Waals surface area contributed by atoms with Gasteiger partial charge in [0, 0.05) is 26.1 Å². The summed E-state index contributed by atoms with van der Waals surface area (Å²) >= 11 is 0. The van der Waals surface area contributed by atoms with E-state index in [1.54, 1.807) is 6.33 Å². The lowest BCUT2D eigenvalue weighted by Gasteiger charge is -2.15. The van der Waals surface area contributed by atoms with E-state index < -0.39 is 0 Å². The molecule has 1 aromatic carbocycles. The molecule has 0 radical (unpaired) electrons. The van der Waals surface area contributed by atoms with E-state index in [0.717, 1.165) is 18.8 Å². The van der Waals surface area contributed by atoms with Crippen molar-refractivity contribution in [3.8, 4) is 0 Å². The first kappa shape index (κ1) is 14.7. The Labute approximate surface area is 121 Å². The fourth-order valence-corrected chi connectivity index (χ4v) is 2.22. The average molecular weight is 272 g/mol. The molecule has 2 rings (SSSR count). The molecule has 4 nitrogen and oxygen atoms in total. The summed E-state index contributed by atoms with van der Waals surface area (Å²) in [6.45, 7) is 7.54. The van der Waals surface area contributed by atoms with Crippen molar-refractivity contribution < 1.29 is 0 Å². The maximum Gasteiger partial charge on any atom is 0.133 e. The van der Waals surface area contributed by atoms with Gasteiger partial charge in [-0.15, -0.1) is 10.2 Å². The first-order chi connectivity index (χ1) is 9.58. The summed E-state index contributed by atoms with van der Waals surface area (Å²) in [7, 11) is 1.98. The van der Waals surface area contributed by atoms with Gasteiger partial charge in [-0.1, -0.05) is 38.1 Å². The van der Waals surface area contributed by atoms with Crippen LogP contribution in [0.2, 0.25) is 0 Å². The Morgan fingerprint density at radius 3 is 2.30 bits per heavy atom. The fraction of sp³-hybridized carbons (Fsp3) is 0.500. The Kier molecular flexibility index (Phi) is 4.90. The lowest BCUT2D eigenvalue weighted by Crippen LogP contribution is -2.22. The van der Waals surface area contributed by atoms with Gasteiger partial charge < -0.3 is 9.88 Å². The van der Waals surface area contributed by atoms with E-state index in [-0.39, 0.29) is 0 Å². The third-order valence-corrected chi connectivity index (χ3v) is 3.71. The van der Waals surface area contributed by atoms with Crippen LogP contribution in [0.5, 0.6) is 0 Å². The number of hydrogen-bond acceptors (Lipinski definition) is 3. The van der Waals surface area contributed by atoms with Gasteiger partial charge in [-0.3, -0.25) is 0 Å². The minimum Gasteiger partial charge on any atom is -0.321 e. The molecule has 1 N–H and O–H groups in total. The van der Waals surface area contributed by atoms with Crippen molar-refractivity contribution in [1.29, 1.82) is 0 Å². The smallest absolute Gasteiger partial charge is 0.133 e. The highest BCUT2D eigenvalue weighted by atomic mass is 15.2. The first-order valence-corrected chi connectivity index (χ1v) is 7.24. The van der Waals surface area contributed by atoms with Crippen LogP contribution in [0.15, 0.2) is 30.6 Å². The highest BCUT2D eigenvalue weighted by molar-refractivity contribution is 5.26. The van der Waals surface area contributed by atoms with Gasteiger partial charge in [0.1, 0.15) is 12.2 Å². The van der Waals surface area contributed by atoms with Crippen LogP contribution in [0.1, 0.15) is 49.7 Å². The SMILES string of the molecule is CC(C)c1ccc(C(C)NCCc2nncn2C)cc1. The molecular formula is C16H24N4. The van der Waals surface area contributed by atoms with E-state index in [9.17, 15) is 0 Å². The first-order valence-electron chi connectivity index (χ1n) is 7.24. The van der Waals surface area contributed by atoms with Crippen molar-refractivity contribution in [2.24, 2.45) is 7.05 Å². The summed E-state index contributed by atoms with van der Waals surface area (Å²) < 4.78 is 1.96. The lowest BCUT2D eigenvalue weighted by molar-refractivity contribution is 0.564. The van der Waals surface area contributed by atoms with Crippen LogP contribution < -0.4 is 5.32 Å². The second-order valence-electron chi connectivity index (χ2n) is 5.61. The van der Waals surface area contributed by atoms with E-state index >= 15 is 0 Å². The number of hydrogen-bond donors (Lipinski definition) is 1. The zero-order valence-corrected chi connectivity index (χ0v) is 12.8. The molecule has 4 heteroatoms. The number of aromatic nitrogens is 3. The average Bonchev–Trinajstić information content (AvgIpc) is 2.84. The molecule has 1 atom stereocenters. The standard InChI is InChI=1S/C16H24N4/c1-12(2)14-5-7-15(8-6-14)13(3)17-10-9-16-19-18-11-20(16)4/h5-8,11-13,17H,9-10H2,1-4H3. The largest absolute Gasteiger partial charge is 0.321 e. The number of rotatable bonds is 6. The van der Waals surface area contributed by atoms with Crippen LogP contribution in [0, 0.1) is 0 Å². The summed E-state index contributed by atoms with van der Waals surface area (Å²) in [5, 5.41) is 11.5. The van der Waals surface area contributed by atoms with Gasteiger partial charge in [0.2, 0.25) is 0 Å². The van der Waals surface area contributed by atoms with Gasteiger partial charge in [-0.25, -0.2) is 0 Å². The van der Waals surface area contributed by atoms with Gasteiger partial charge in [0.05, 0.1) is 0 Å². The van der Waals surface area contributed by atoms with Gasteiger partial charge in [0.25, 0.3) is 0 Å². The molecule has 0 saturated heterocycles. The number of aryl methyl sites for hydroxylation is 1. The van der Waals surface area contributed by atoms with Crippen molar-refractivity contribution in [3.05, 3.63) is 47.5 Å².